The van der Waals surface area contributed by atoms with E-state index in [1.807, 2.05) is 30.3 Å². The first-order valence-electron chi connectivity index (χ1n) is 19.9. The van der Waals surface area contributed by atoms with Crippen molar-refractivity contribution in [1.29, 1.82) is 0 Å². The maximum absolute atomic E-state index is 12.5. The van der Waals surface area contributed by atoms with Crippen LogP contribution in [0.2, 0.25) is 5.28 Å². The predicted octanol–water partition coefficient (Wildman–Crippen LogP) is 0.0102. The van der Waals surface area contributed by atoms with Crippen molar-refractivity contribution >= 4 is 79.6 Å². The summed E-state index contributed by atoms with van der Waals surface area (Å²) in [4.78, 5) is 27.5. The molecular weight excluding hydrogens is 906 g/mol. The summed E-state index contributed by atoms with van der Waals surface area (Å²) < 4.78 is 62.8. The molecule has 2 heterocycles. The zero-order valence-electron chi connectivity index (χ0n) is 36.1. The summed E-state index contributed by atoms with van der Waals surface area (Å²) in [5.41, 5.74) is 2.69. The zero-order valence-corrected chi connectivity index (χ0v) is 42.5. The van der Waals surface area contributed by atoms with Gasteiger partial charge in [-0.2, -0.15) is 35.5 Å². The molecule has 18 nitrogen and oxygen atoms in total. The number of rotatable bonds is 24. The fraction of sp³-hybridized carbons (Fsp3) is 0.366. The molecule has 332 valence electrons. The number of hydrogen-bond donors (Lipinski definition) is 5. The number of aliphatic hydroxyl groups excluding tert-OH is 2. The van der Waals surface area contributed by atoms with Gasteiger partial charge in [-0.05, 0) is 47.0 Å². The standard InChI is InChI=1S/C41H50ClN10O5S.2Na.O3S/c1-2-3-4-5-6-7-8-12-23-43-38-46-36(28-31-13-10-9-11-14-31)47-39(50-38)45-34-22-19-32(35(29-34)58(55,56)57)18-15-30-16-20-33(21-17-30)44-40-48-37(42)49-41(51-40)52(24-26-53)25-27-54;;;1-4(2)3/h9-11,13-16,18-22,29,53-54H,2-8,12,23-28H2,1H3,(H,55,56,57)(H,44,48,49,51)(H2,43,45,46,47,50);;;/q-1;2*+1;/p-1/b18-15+;;;. The Bertz CT molecular complexity index is 2420. The van der Waals surface area contributed by atoms with E-state index in [1.54, 1.807) is 35.2 Å². The third-order valence-corrected chi connectivity index (χ3v) is 9.95. The van der Waals surface area contributed by atoms with E-state index in [1.165, 1.54) is 56.7 Å². The van der Waals surface area contributed by atoms with E-state index >= 15 is 0 Å². The van der Waals surface area contributed by atoms with Gasteiger partial charge in [-0.25, -0.2) is 8.42 Å². The summed E-state index contributed by atoms with van der Waals surface area (Å²) in [6.45, 7) is 2.96. The van der Waals surface area contributed by atoms with Crippen molar-refractivity contribution in [2.24, 2.45) is 0 Å². The van der Waals surface area contributed by atoms with Crippen LogP contribution >= 0.6 is 11.6 Å². The Morgan fingerprint density at radius 2 is 1.38 bits per heavy atom. The van der Waals surface area contributed by atoms with Crippen LogP contribution in [-0.2, 0) is 27.1 Å². The summed E-state index contributed by atoms with van der Waals surface area (Å²) in [5.74, 6) is 1.47. The molecular formula is C41H49ClN10Na2O8S2. The number of halogens is 1. The average Bonchev–Trinajstić information content (AvgIpc) is 3.22. The van der Waals surface area contributed by atoms with E-state index in [4.69, 9.17) is 24.2 Å². The Morgan fingerprint density at radius 1 is 0.766 bits per heavy atom. The molecule has 0 aliphatic rings. The second-order valence-electron chi connectivity index (χ2n) is 13.7. The van der Waals surface area contributed by atoms with E-state index in [0.717, 1.165) is 18.4 Å². The van der Waals surface area contributed by atoms with Crippen molar-refractivity contribution < 1.29 is 94.9 Å². The van der Waals surface area contributed by atoms with E-state index in [0.29, 0.717) is 41.7 Å². The van der Waals surface area contributed by atoms with Gasteiger partial charge in [0.25, 0.3) is 0 Å². The third-order valence-electron chi connectivity index (χ3n) is 8.89. The molecule has 0 unspecified atom stereocenters. The number of aromatic nitrogens is 6. The molecule has 2 aromatic heterocycles. The summed E-state index contributed by atoms with van der Waals surface area (Å²) in [6, 6.07) is 22.4. The first kappa shape index (κ1) is 56.5. The number of nitrogens with one attached hydrogen (secondary N) is 3. The zero-order chi connectivity index (χ0) is 44.7. The number of hydrogen-bond acceptors (Lipinski definition) is 18. The van der Waals surface area contributed by atoms with Crippen molar-refractivity contribution in [2.75, 3.05) is 53.7 Å². The van der Waals surface area contributed by atoms with Crippen LogP contribution in [0.1, 0.15) is 80.8 Å². The first-order valence-corrected chi connectivity index (χ1v) is 22.7. The van der Waals surface area contributed by atoms with E-state index in [9.17, 15) is 23.2 Å². The van der Waals surface area contributed by atoms with Crippen molar-refractivity contribution in [1.82, 2.24) is 29.9 Å². The molecule has 0 radical (unpaired) electrons. The SMILES string of the molecule is CCCCCCCCCCNc1nc(Cc2ccccc2)nc(Nc2ccc(/C=C/c3[c-]cc(Nc4nc(Cl)nc(N(CCO)CCO)n4)cc3)c(S(=O)(=O)[O-])c2)n1.O=S(=O)=O.[Na+].[Na+]. The minimum atomic E-state index is -4.89. The topological polar surface area (TPSA) is 266 Å². The maximum atomic E-state index is 12.5. The molecule has 0 aliphatic carbocycles. The van der Waals surface area contributed by atoms with Crippen LogP contribution in [0.4, 0.5) is 35.2 Å². The van der Waals surface area contributed by atoms with Crippen LogP contribution in [0, 0.1) is 6.07 Å². The Kier molecular flexibility index (Phi) is 27.0. The molecule has 5 aromatic rings. The van der Waals surface area contributed by atoms with E-state index in [-0.39, 0.29) is 114 Å². The van der Waals surface area contributed by atoms with Crippen molar-refractivity contribution in [3.8, 4) is 0 Å². The van der Waals surface area contributed by atoms with Crippen LogP contribution in [0.15, 0.2) is 71.6 Å². The monoisotopic (exact) mass is 954 g/mol. The molecule has 0 fully saturated rings. The van der Waals surface area contributed by atoms with Crippen LogP contribution in [-0.4, -0.2) is 98.6 Å². The molecule has 0 saturated heterocycles. The first-order chi connectivity index (χ1) is 29.9. The van der Waals surface area contributed by atoms with Gasteiger partial charge in [0.1, 0.15) is 15.9 Å². The average molecular weight is 955 g/mol. The Morgan fingerprint density at radius 3 is 2.00 bits per heavy atom. The second kappa shape index (κ2) is 30.5. The summed E-state index contributed by atoms with van der Waals surface area (Å²) in [5, 5.41) is 28.1. The van der Waals surface area contributed by atoms with Gasteiger partial charge >= 0.3 is 69.7 Å². The normalized spacial score (nSPS) is 10.8. The largest absolute Gasteiger partial charge is 1.00 e. The van der Waals surface area contributed by atoms with E-state index in [2.05, 4.69) is 58.8 Å². The molecule has 5 N–H and O–H groups in total. The number of benzene rings is 3. The van der Waals surface area contributed by atoms with E-state index < -0.39 is 25.6 Å². The second-order valence-corrected chi connectivity index (χ2v) is 15.7. The molecule has 0 atom stereocenters. The molecule has 0 aliphatic heterocycles. The molecule has 0 spiro atoms. The van der Waals surface area contributed by atoms with Crippen molar-refractivity contribution in [2.45, 2.75) is 69.6 Å². The number of unbranched alkanes of at least 4 members (excludes halogenated alkanes) is 7. The molecule has 3 aromatic carbocycles. The van der Waals surface area contributed by atoms with Crippen molar-refractivity contribution in [3.05, 3.63) is 101 Å². The Balaban J connectivity index is 0.00000225. The Hall–Kier alpha value is -3.64. The summed E-state index contributed by atoms with van der Waals surface area (Å²) in [6.07, 6.45) is 13.2. The minimum Gasteiger partial charge on any atom is -0.744 e. The summed E-state index contributed by atoms with van der Waals surface area (Å²) in [7, 11) is -8.00. The fourth-order valence-corrected chi connectivity index (χ4v) is 6.84. The van der Waals surface area contributed by atoms with Gasteiger partial charge in [-0.1, -0.05) is 94.3 Å². The molecule has 23 heteroatoms. The predicted molar refractivity (Wildman–Crippen MR) is 236 cm³/mol. The number of nitrogens with zero attached hydrogens (tertiary/aromatic N) is 7. The smallest absolute Gasteiger partial charge is 0.744 e. The molecule has 5 rings (SSSR count). The quantitative estimate of drug-likeness (QED) is 0.0179. The third kappa shape index (κ3) is 21.1. The van der Waals surface area contributed by atoms with Gasteiger partial charge in [0, 0.05) is 31.7 Å². The summed E-state index contributed by atoms with van der Waals surface area (Å²) >= 11 is 6.11. The van der Waals surface area contributed by atoms with Gasteiger partial charge in [0.2, 0.25) is 29.1 Å². The van der Waals surface area contributed by atoms with Crippen LogP contribution in [0.5, 0.6) is 0 Å². The van der Waals surface area contributed by atoms with Crippen LogP contribution in [0.25, 0.3) is 12.2 Å². The molecule has 64 heavy (non-hydrogen) atoms. The molecule has 0 saturated carbocycles. The van der Waals surface area contributed by atoms with Gasteiger partial charge in [0.15, 0.2) is 0 Å². The number of aliphatic hydroxyl groups is 2. The van der Waals surface area contributed by atoms with Gasteiger partial charge in [-0.3, -0.25) is 0 Å². The van der Waals surface area contributed by atoms with Crippen molar-refractivity contribution in [3.63, 3.8) is 0 Å². The van der Waals surface area contributed by atoms with Crippen LogP contribution in [0.3, 0.4) is 0 Å². The minimum absolute atomic E-state index is 0. The molecule has 0 amide bonds. The molecule has 0 bridgehead atoms. The number of anilines is 6. The fourth-order valence-electron chi connectivity index (χ4n) is 5.98. The Labute approximate surface area is 424 Å². The van der Waals surface area contributed by atoms with Crippen LogP contribution < -0.4 is 80.0 Å². The van der Waals surface area contributed by atoms with Gasteiger partial charge < -0.3 is 35.6 Å². The maximum Gasteiger partial charge on any atom is 1.00 e. The van der Waals surface area contributed by atoms with Gasteiger partial charge in [0.05, 0.1) is 18.1 Å². The van der Waals surface area contributed by atoms with Gasteiger partial charge in [-0.15, -0.1) is 43.0 Å².